The van der Waals surface area contributed by atoms with Crippen molar-refractivity contribution in [2.45, 2.75) is 12.5 Å². The van der Waals surface area contributed by atoms with Crippen molar-refractivity contribution in [1.29, 1.82) is 0 Å². The van der Waals surface area contributed by atoms with Crippen molar-refractivity contribution in [3.8, 4) is 5.75 Å². The van der Waals surface area contributed by atoms with Gasteiger partial charge in [-0.05, 0) is 29.1 Å². The molecule has 0 unspecified atom stereocenters. The first kappa shape index (κ1) is 19.9. The number of rotatable bonds is 7. The Morgan fingerprint density at radius 2 is 1.68 bits per heavy atom. The Morgan fingerprint density at radius 1 is 1.00 bits per heavy atom. The Balaban J connectivity index is 1.82. The van der Waals surface area contributed by atoms with Crippen molar-refractivity contribution < 1.29 is 17.9 Å². The van der Waals surface area contributed by atoms with Crippen LogP contribution in [0.25, 0.3) is 10.8 Å². The Kier molecular flexibility index (Phi) is 5.96. The van der Waals surface area contributed by atoms with E-state index in [0.29, 0.717) is 17.0 Å². The zero-order valence-electron chi connectivity index (χ0n) is 15.7. The molecule has 0 heterocycles. The predicted octanol–water partition coefficient (Wildman–Crippen LogP) is 3.47. The van der Waals surface area contributed by atoms with Crippen molar-refractivity contribution in [3.63, 3.8) is 0 Å². The van der Waals surface area contributed by atoms with Crippen molar-refractivity contribution in [1.82, 2.24) is 4.72 Å². The van der Waals surface area contributed by atoms with Crippen LogP contribution < -0.4 is 14.8 Å². The van der Waals surface area contributed by atoms with Crippen LogP contribution in [0.15, 0.2) is 66.7 Å². The summed E-state index contributed by atoms with van der Waals surface area (Å²) < 4.78 is 31.2. The summed E-state index contributed by atoms with van der Waals surface area (Å²) in [6.07, 6.45) is 1.04. The summed E-state index contributed by atoms with van der Waals surface area (Å²) in [5.41, 5.74) is 1.37. The smallest absolute Gasteiger partial charge is 0.226 e. The average molecular weight is 398 g/mol. The van der Waals surface area contributed by atoms with Crippen LogP contribution in [0.3, 0.4) is 0 Å². The minimum absolute atomic E-state index is 0.0391. The maximum absolute atomic E-state index is 12.7. The number of hydrogen-bond donors (Lipinski definition) is 2. The number of benzene rings is 3. The molecule has 3 aromatic carbocycles. The first-order valence-electron chi connectivity index (χ1n) is 8.74. The molecule has 0 saturated heterocycles. The van der Waals surface area contributed by atoms with Crippen LogP contribution in [0.5, 0.6) is 5.75 Å². The van der Waals surface area contributed by atoms with E-state index in [-0.39, 0.29) is 12.3 Å². The van der Waals surface area contributed by atoms with Gasteiger partial charge in [-0.15, -0.1) is 0 Å². The molecule has 0 bridgehead atoms. The van der Waals surface area contributed by atoms with E-state index >= 15 is 0 Å². The van der Waals surface area contributed by atoms with Gasteiger partial charge in [0, 0.05) is 17.5 Å². The van der Waals surface area contributed by atoms with Gasteiger partial charge in [-0.2, -0.15) is 0 Å². The van der Waals surface area contributed by atoms with Gasteiger partial charge < -0.3 is 10.1 Å². The van der Waals surface area contributed by atoms with Crippen molar-refractivity contribution in [3.05, 3.63) is 72.3 Å². The maximum atomic E-state index is 12.7. The first-order valence-corrected chi connectivity index (χ1v) is 10.6. The topological polar surface area (TPSA) is 84.5 Å². The zero-order chi connectivity index (χ0) is 20.1. The third-order valence-corrected chi connectivity index (χ3v) is 5.04. The molecule has 1 amide bonds. The molecule has 0 radical (unpaired) electrons. The SMILES string of the molecule is COc1ccc([C@H](CC(=O)Nc2cccc3ccccc23)NS(C)(=O)=O)cc1. The highest BCUT2D eigenvalue weighted by Gasteiger charge is 2.20. The second kappa shape index (κ2) is 8.41. The Bertz CT molecular complexity index is 1070. The lowest BCUT2D eigenvalue weighted by Gasteiger charge is -2.18. The fraction of sp³-hybridized carbons (Fsp3) is 0.190. The van der Waals surface area contributed by atoms with E-state index in [0.717, 1.165) is 17.0 Å². The normalized spacial score (nSPS) is 12.5. The Labute approximate surface area is 164 Å². The summed E-state index contributed by atoms with van der Waals surface area (Å²) in [6.45, 7) is 0. The molecule has 1 atom stereocenters. The van der Waals surface area contributed by atoms with Crippen LogP contribution in [0.4, 0.5) is 5.69 Å². The summed E-state index contributed by atoms with van der Waals surface area (Å²) >= 11 is 0. The summed E-state index contributed by atoms with van der Waals surface area (Å²) in [5.74, 6) is 0.371. The van der Waals surface area contributed by atoms with Crippen LogP contribution in [0.1, 0.15) is 18.0 Å². The van der Waals surface area contributed by atoms with Gasteiger partial charge in [0.15, 0.2) is 0 Å². The number of nitrogens with one attached hydrogen (secondary N) is 2. The molecule has 7 heteroatoms. The van der Waals surface area contributed by atoms with Crippen LogP contribution in [0.2, 0.25) is 0 Å². The van der Waals surface area contributed by atoms with Gasteiger partial charge in [-0.25, -0.2) is 13.1 Å². The number of fused-ring (bicyclic) bond motifs is 1. The number of amides is 1. The van der Waals surface area contributed by atoms with Gasteiger partial charge in [0.1, 0.15) is 5.75 Å². The van der Waals surface area contributed by atoms with Gasteiger partial charge in [0.2, 0.25) is 15.9 Å². The lowest BCUT2D eigenvalue weighted by Crippen LogP contribution is -2.30. The standard InChI is InChI=1S/C21H22N2O4S/c1-27-17-12-10-16(11-13-17)20(23-28(2,25)26)14-21(24)22-19-9-5-7-15-6-3-4-8-18(15)19/h3-13,20,23H,14H2,1-2H3,(H,22,24)/t20-/m0/s1. The van der Waals surface area contributed by atoms with E-state index in [1.165, 1.54) is 0 Å². The van der Waals surface area contributed by atoms with E-state index in [1.807, 2.05) is 42.5 Å². The maximum Gasteiger partial charge on any atom is 0.226 e. The highest BCUT2D eigenvalue weighted by molar-refractivity contribution is 7.88. The van der Waals surface area contributed by atoms with E-state index in [4.69, 9.17) is 4.74 Å². The lowest BCUT2D eigenvalue weighted by atomic mass is 10.0. The molecule has 6 nitrogen and oxygen atoms in total. The zero-order valence-corrected chi connectivity index (χ0v) is 16.5. The van der Waals surface area contributed by atoms with Gasteiger partial charge >= 0.3 is 0 Å². The van der Waals surface area contributed by atoms with E-state index in [1.54, 1.807) is 31.4 Å². The van der Waals surface area contributed by atoms with Gasteiger partial charge in [-0.1, -0.05) is 48.5 Å². The number of carbonyl (C=O) groups is 1. The monoisotopic (exact) mass is 398 g/mol. The fourth-order valence-corrected chi connectivity index (χ4v) is 3.78. The molecule has 0 spiro atoms. The molecule has 2 N–H and O–H groups in total. The van der Waals surface area contributed by atoms with E-state index in [2.05, 4.69) is 10.0 Å². The Hall–Kier alpha value is -2.90. The molecule has 0 aliphatic heterocycles. The molecule has 3 rings (SSSR count). The molecule has 146 valence electrons. The minimum Gasteiger partial charge on any atom is -0.497 e. The van der Waals surface area contributed by atoms with Gasteiger partial charge in [0.05, 0.1) is 19.4 Å². The third-order valence-electron chi connectivity index (χ3n) is 4.33. The average Bonchev–Trinajstić information content (AvgIpc) is 2.67. The second-order valence-electron chi connectivity index (χ2n) is 6.49. The lowest BCUT2D eigenvalue weighted by molar-refractivity contribution is -0.116. The molecule has 0 aliphatic rings. The van der Waals surface area contributed by atoms with Crippen LogP contribution in [0, 0.1) is 0 Å². The predicted molar refractivity (Wildman–Crippen MR) is 111 cm³/mol. The number of sulfonamides is 1. The molecular formula is C21H22N2O4S. The van der Waals surface area contributed by atoms with Crippen molar-refractivity contribution >= 4 is 32.4 Å². The molecule has 28 heavy (non-hydrogen) atoms. The minimum atomic E-state index is -3.50. The van der Waals surface area contributed by atoms with E-state index < -0.39 is 16.1 Å². The first-order chi connectivity index (χ1) is 13.4. The number of carbonyl (C=O) groups excluding carboxylic acids is 1. The summed E-state index contributed by atoms with van der Waals surface area (Å²) in [6, 6.07) is 19.7. The summed E-state index contributed by atoms with van der Waals surface area (Å²) in [5, 5.41) is 4.84. The largest absolute Gasteiger partial charge is 0.497 e. The second-order valence-corrected chi connectivity index (χ2v) is 8.27. The third kappa shape index (κ3) is 5.09. The summed E-state index contributed by atoms with van der Waals surface area (Å²) in [4.78, 5) is 12.7. The van der Waals surface area contributed by atoms with Gasteiger partial charge in [-0.3, -0.25) is 4.79 Å². The van der Waals surface area contributed by atoms with Crippen molar-refractivity contribution in [2.24, 2.45) is 0 Å². The number of hydrogen-bond acceptors (Lipinski definition) is 4. The van der Waals surface area contributed by atoms with Crippen LogP contribution in [-0.2, 0) is 14.8 Å². The number of anilines is 1. The molecule has 0 aliphatic carbocycles. The molecule has 0 fully saturated rings. The Morgan fingerprint density at radius 3 is 2.36 bits per heavy atom. The van der Waals surface area contributed by atoms with Crippen LogP contribution >= 0.6 is 0 Å². The molecule has 3 aromatic rings. The molecule has 0 saturated carbocycles. The van der Waals surface area contributed by atoms with E-state index in [9.17, 15) is 13.2 Å². The number of methoxy groups -OCH3 is 1. The van der Waals surface area contributed by atoms with Crippen molar-refractivity contribution in [2.75, 3.05) is 18.7 Å². The van der Waals surface area contributed by atoms with Crippen LogP contribution in [-0.4, -0.2) is 27.7 Å². The van der Waals surface area contributed by atoms with Gasteiger partial charge in [0.25, 0.3) is 0 Å². The number of ether oxygens (including phenoxy) is 1. The highest BCUT2D eigenvalue weighted by atomic mass is 32.2. The fourth-order valence-electron chi connectivity index (χ4n) is 3.04. The highest BCUT2D eigenvalue weighted by Crippen LogP contribution is 2.25. The summed E-state index contributed by atoms with van der Waals surface area (Å²) in [7, 11) is -1.95. The molecule has 0 aromatic heterocycles. The molecular weight excluding hydrogens is 376 g/mol. The quantitative estimate of drug-likeness (QED) is 0.638.